The van der Waals surface area contributed by atoms with E-state index in [-0.39, 0.29) is 6.54 Å². The van der Waals surface area contributed by atoms with Crippen LogP contribution in [0.2, 0.25) is 0 Å². The summed E-state index contributed by atoms with van der Waals surface area (Å²) in [5.41, 5.74) is -0.400. The van der Waals surface area contributed by atoms with Crippen LogP contribution in [0.5, 0.6) is 0 Å². The van der Waals surface area contributed by atoms with Crippen LogP contribution >= 0.6 is 0 Å². The molecular weight excluding hydrogens is 316 g/mol. The fraction of sp³-hybridized carbons (Fsp3) is 0.533. The Kier molecular flexibility index (Phi) is 4.57. The first kappa shape index (κ1) is 17.5. The quantitative estimate of drug-likeness (QED) is 0.615. The van der Waals surface area contributed by atoms with Gasteiger partial charge in [-0.05, 0) is 44.7 Å². The molecular formula is C15H18F4N2O2. The maximum atomic E-state index is 13.3. The molecule has 0 spiro atoms. The van der Waals surface area contributed by atoms with E-state index in [0.29, 0.717) is 24.3 Å². The molecule has 0 N–H and O–H groups in total. The molecule has 2 rings (SSSR count). The number of carbonyl (C=O) groups excluding carboxylic acids is 1. The Balaban J connectivity index is 2.37. The molecule has 1 heterocycles. The topological polar surface area (TPSA) is 32.8 Å². The van der Waals surface area contributed by atoms with Crippen LogP contribution in [0.1, 0.15) is 12.5 Å². The van der Waals surface area contributed by atoms with E-state index in [4.69, 9.17) is 4.74 Å². The van der Waals surface area contributed by atoms with Crippen LogP contribution in [-0.2, 0) is 9.53 Å². The van der Waals surface area contributed by atoms with E-state index in [1.54, 1.807) is 23.8 Å². The number of halogens is 4. The Bertz CT molecular complexity index is 606. The van der Waals surface area contributed by atoms with Crippen molar-refractivity contribution in [1.29, 1.82) is 0 Å². The van der Waals surface area contributed by atoms with Gasteiger partial charge in [0.25, 0.3) is 0 Å². The van der Waals surface area contributed by atoms with Gasteiger partial charge in [-0.3, -0.25) is 4.90 Å². The van der Waals surface area contributed by atoms with Gasteiger partial charge in [-0.25, -0.2) is 9.18 Å². The Hall–Kier alpha value is -1.83. The largest absolute Gasteiger partial charge is 0.491 e. The lowest BCUT2D eigenvalue weighted by atomic mass is 10.1. The second kappa shape index (κ2) is 5.99. The molecule has 1 atom stereocenters. The molecule has 8 heteroatoms. The first-order chi connectivity index (χ1) is 10.5. The maximum absolute atomic E-state index is 13.3. The number of rotatable bonds is 2. The van der Waals surface area contributed by atoms with Crippen molar-refractivity contribution in [3.8, 4) is 0 Å². The second-order valence-corrected chi connectivity index (χ2v) is 5.88. The molecule has 1 saturated heterocycles. The molecule has 1 aliphatic heterocycles. The summed E-state index contributed by atoms with van der Waals surface area (Å²) in [7, 11) is 1.73. The molecule has 23 heavy (non-hydrogen) atoms. The molecule has 0 aliphatic carbocycles. The van der Waals surface area contributed by atoms with Crippen LogP contribution in [0.4, 0.5) is 23.2 Å². The highest BCUT2D eigenvalue weighted by molar-refractivity contribution is 5.76. The minimum atomic E-state index is -5.07. The van der Waals surface area contributed by atoms with Crippen molar-refractivity contribution in [2.45, 2.75) is 25.7 Å². The van der Waals surface area contributed by atoms with E-state index in [1.807, 2.05) is 0 Å². The predicted octanol–water partition coefficient (Wildman–Crippen LogP) is 2.71. The third-order valence-electron chi connectivity index (χ3n) is 3.83. The van der Waals surface area contributed by atoms with Gasteiger partial charge in [0.2, 0.25) is 0 Å². The zero-order valence-electron chi connectivity index (χ0n) is 13.1. The number of hydrogen-bond acceptors (Lipinski definition) is 4. The molecule has 0 unspecified atom stereocenters. The number of carbonyl (C=O) groups is 1. The average molecular weight is 334 g/mol. The zero-order chi connectivity index (χ0) is 17.4. The summed E-state index contributed by atoms with van der Waals surface area (Å²) in [4.78, 5) is 14.7. The number of alkyl halides is 3. The van der Waals surface area contributed by atoms with Crippen molar-refractivity contribution >= 4 is 11.7 Å². The number of aryl methyl sites for hydroxylation is 1. The lowest BCUT2D eigenvalue weighted by Crippen LogP contribution is -2.63. The normalized spacial score (nSPS) is 23.0. The zero-order valence-corrected chi connectivity index (χ0v) is 13.1. The fourth-order valence-corrected chi connectivity index (χ4v) is 2.81. The Morgan fingerprint density at radius 2 is 1.96 bits per heavy atom. The molecule has 0 amide bonds. The van der Waals surface area contributed by atoms with Gasteiger partial charge in [0, 0.05) is 18.8 Å². The molecule has 0 bridgehead atoms. The lowest BCUT2D eigenvalue weighted by Gasteiger charge is -2.48. The van der Waals surface area contributed by atoms with E-state index in [2.05, 4.69) is 0 Å². The molecule has 0 aromatic heterocycles. The van der Waals surface area contributed by atoms with Crippen molar-refractivity contribution in [2.75, 3.05) is 31.6 Å². The summed E-state index contributed by atoms with van der Waals surface area (Å²) < 4.78 is 55.8. The van der Waals surface area contributed by atoms with Crippen molar-refractivity contribution in [2.24, 2.45) is 0 Å². The summed E-state index contributed by atoms with van der Waals surface area (Å²) in [5, 5.41) is 0. The first-order valence-electron chi connectivity index (χ1n) is 7.05. The van der Waals surface area contributed by atoms with E-state index in [9.17, 15) is 22.4 Å². The maximum Gasteiger partial charge on any atom is 0.491 e. The van der Waals surface area contributed by atoms with E-state index >= 15 is 0 Å². The number of benzene rings is 1. The van der Waals surface area contributed by atoms with Gasteiger partial charge in [-0.2, -0.15) is 13.2 Å². The lowest BCUT2D eigenvalue weighted by molar-refractivity contribution is -0.215. The van der Waals surface area contributed by atoms with Crippen LogP contribution in [-0.4, -0.2) is 49.5 Å². The highest BCUT2D eigenvalue weighted by atomic mass is 19.4. The average Bonchev–Trinajstić information content (AvgIpc) is 2.38. The molecule has 1 fully saturated rings. The SMILES string of the molecule is Cc1cc(F)ccc1N1CCN(C)C[C@]1(C)OC(=O)C(F)(F)F. The van der Waals surface area contributed by atoms with Gasteiger partial charge in [-0.1, -0.05) is 0 Å². The summed E-state index contributed by atoms with van der Waals surface area (Å²) in [6.07, 6.45) is -5.07. The Labute approximate surface area is 131 Å². The van der Waals surface area contributed by atoms with Gasteiger partial charge in [-0.15, -0.1) is 0 Å². The van der Waals surface area contributed by atoms with Crippen LogP contribution in [0.3, 0.4) is 0 Å². The van der Waals surface area contributed by atoms with Crippen LogP contribution in [0.25, 0.3) is 0 Å². The minimum absolute atomic E-state index is 0.103. The highest BCUT2D eigenvalue weighted by Gasteiger charge is 2.48. The van der Waals surface area contributed by atoms with Crippen LogP contribution < -0.4 is 4.90 Å². The molecule has 4 nitrogen and oxygen atoms in total. The Morgan fingerprint density at radius 1 is 1.30 bits per heavy atom. The van der Waals surface area contributed by atoms with Crippen molar-refractivity contribution < 1.29 is 27.1 Å². The molecule has 0 radical (unpaired) electrons. The van der Waals surface area contributed by atoms with Gasteiger partial charge < -0.3 is 9.64 Å². The molecule has 128 valence electrons. The van der Waals surface area contributed by atoms with Crippen LogP contribution in [0, 0.1) is 12.7 Å². The number of hydrogen-bond donors (Lipinski definition) is 0. The van der Waals surface area contributed by atoms with Gasteiger partial charge in [0.05, 0.1) is 6.54 Å². The minimum Gasteiger partial charge on any atom is -0.431 e. The summed E-state index contributed by atoms with van der Waals surface area (Å²) >= 11 is 0. The predicted molar refractivity (Wildman–Crippen MR) is 76.5 cm³/mol. The van der Waals surface area contributed by atoms with E-state index in [1.165, 1.54) is 25.1 Å². The number of esters is 1. The second-order valence-electron chi connectivity index (χ2n) is 5.88. The first-order valence-corrected chi connectivity index (χ1v) is 7.05. The number of piperazine rings is 1. The third-order valence-corrected chi connectivity index (χ3v) is 3.83. The molecule has 1 aromatic rings. The monoisotopic (exact) mass is 334 g/mol. The smallest absolute Gasteiger partial charge is 0.431 e. The highest BCUT2D eigenvalue weighted by Crippen LogP contribution is 2.33. The van der Waals surface area contributed by atoms with Gasteiger partial charge in [0.15, 0.2) is 5.72 Å². The summed E-state index contributed by atoms with van der Waals surface area (Å²) in [6.45, 7) is 4.12. The third kappa shape index (κ3) is 3.74. The molecule has 1 aliphatic rings. The molecule has 1 aromatic carbocycles. The number of nitrogens with zero attached hydrogens (tertiary/aromatic N) is 2. The Morgan fingerprint density at radius 3 is 2.52 bits per heavy atom. The van der Waals surface area contributed by atoms with E-state index < -0.39 is 23.7 Å². The van der Waals surface area contributed by atoms with Gasteiger partial charge in [0.1, 0.15) is 5.82 Å². The number of anilines is 1. The van der Waals surface area contributed by atoms with Crippen molar-refractivity contribution in [1.82, 2.24) is 4.90 Å². The standard InChI is InChI=1S/C15H18F4N2O2/c1-10-8-11(16)4-5-12(10)21-7-6-20(3)9-14(21,2)23-13(22)15(17,18)19/h4-5,8H,6-7,9H2,1-3H3/t14-/m0/s1. The van der Waals surface area contributed by atoms with Gasteiger partial charge >= 0.3 is 12.1 Å². The van der Waals surface area contributed by atoms with Crippen molar-refractivity contribution in [3.05, 3.63) is 29.6 Å². The molecule has 0 saturated carbocycles. The summed E-state index contributed by atoms with van der Waals surface area (Å²) in [5.74, 6) is -2.67. The number of likely N-dealkylation sites (N-methyl/N-ethyl adjacent to an activating group) is 1. The fourth-order valence-electron chi connectivity index (χ4n) is 2.81. The van der Waals surface area contributed by atoms with E-state index in [0.717, 1.165) is 0 Å². The number of ether oxygens (including phenoxy) is 1. The van der Waals surface area contributed by atoms with Crippen LogP contribution in [0.15, 0.2) is 18.2 Å². The van der Waals surface area contributed by atoms with Crippen molar-refractivity contribution in [3.63, 3.8) is 0 Å². The summed E-state index contributed by atoms with van der Waals surface area (Å²) in [6, 6.07) is 4.00.